The molecule has 2 heterocycles. The first-order valence-electron chi connectivity index (χ1n) is 6.80. The summed E-state index contributed by atoms with van der Waals surface area (Å²) in [5.74, 6) is -0.920. The molecule has 2 aliphatic heterocycles. The Labute approximate surface area is 164 Å². The molecule has 2 fully saturated rings. The predicted molar refractivity (Wildman–Crippen MR) is 93.5 cm³/mol. The van der Waals surface area contributed by atoms with Gasteiger partial charge < -0.3 is 0 Å². The zero-order valence-corrected chi connectivity index (χ0v) is 16.9. The molecule has 0 saturated carbocycles. The molecule has 1 aromatic carbocycles. The first-order chi connectivity index (χ1) is 11.7. The van der Waals surface area contributed by atoms with Crippen LogP contribution >= 0.6 is 43.0 Å². The summed E-state index contributed by atoms with van der Waals surface area (Å²) >= 11 is 0.409. The number of rotatable bonds is 4. The van der Waals surface area contributed by atoms with Crippen LogP contribution in [0.15, 0.2) is 24.3 Å². The van der Waals surface area contributed by atoms with Crippen molar-refractivity contribution in [3.63, 3.8) is 0 Å². The number of esters is 1. The van der Waals surface area contributed by atoms with Gasteiger partial charge in [0.25, 0.3) is 0 Å². The Hall–Kier alpha value is -0.390. The van der Waals surface area contributed by atoms with Crippen LogP contribution in [0.25, 0.3) is 0 Å². The van der Waals surface area contributed by atoms with Crippen molar-refractivity contribution in [3.8, 4) is 5.75 Å². The maximum atomic E-state index is 12.8. The van der Waals surface area contributed by atoms with Gasteiger partial charge in [-0.25, -0.2) is 0 Å². The van der Waals surface area contributed by atoms with Gasteiger partial charge in [-0.05, 0) is 0 Å². The standard InChI is InChI=1S/C13H10F6I2N2O3/c1-9(20,13-21(22-13)23-13)8(24)26-7-4-2-6(3-5-7)10(25,11(14,15)16)12(17,18)19/h2-5,22-23,25H,1H3. The Balaban J connectivity index is 1.81. The van der Waals surface area contributed by atoms with E-state index in [1.165, 1.54) is 0 Å². The third-order valence-electron chi connectivity index (χ3n) is 3.99. The molecule has 0 aliphatic carbocycles. The summed E-state index contributed by atoms with van der Waals surface area (Å²) in [7, 11) is 0. The molecule has 2 aliphatic rings. The van der Waals surface area contributed by atoms with E-state index in [1.54, 1.807) is 6.92 Å². The fourth-order valence-electron chi connectivity index (χ4n) is 2.18. The second kappa shape index (κ2) is 5.81. The monoisotopic (exact) mass is 610 g/mol. The molecule has 26 heavy (non-hydrogen) atoms. The van der Waals surface area contributed by atoms with Crippen LogP contribution in [0, 0.1) is 0 Å². The summed E-state index contributed by atoms with van der Waals surface area (Å²) in [5.41, 5.74) is -6.44. The molecule has 0 spiro atoms. The van der Waals surface area contributed by atoms with E-state index in [0.717, 1.165) is 12.1 Å². The molecule has 0 aromatic heterocycles. The van der Waals surface area contributed by atoms with Crippen molar-refractivity contribution in [2.75, 3.05) is 0 Å². The van der Waals surface area contributed by atoms with Gasteiger partial charge in [0.1, 0.15) is 0 Å². The molecule has 1 aromatic rings. The van der Waals surface area contributed by atoms with Gasteiger partial charge in [0.2, 0.25) is 0 Å². The number of hydrogen-bond donors (Lipinski definition) is 3. The van der Waals surface area contributed by atoms with Crippen molar-refractivity contribution in [2.24, 2.45) is 0 Å². The Morgan fingerprint density at radius 1 is 1.12 bits per heavy atom. The number of benzene rings is 1. The predicted octanol–water partition coefficient (Wildman–Crippen LogP) is 3.29. The van der Waals surface area contributed by atoms with Crippen LogP contribution in [0.1, 0.15) is 12.5 Å². The zero-order valence-electron chi connectivity index (χ0n) is 12.6. The molecule has 146 valence electrons. The summed E-state index contributed by atoms with van der Waals surface area (Å²) < 4.78 is 86.9. The van der Waals surface area contributed by atoms with Crippen molar-refractivity contribution in [1.82, 2.24) is 7.06 Å². The average molecular weight is 610 g/mol. The summed E-state index contributed by atoms with van der Waals surface area (Å²) in [6, 6.07) is 2.40. The number of hydrogen-bond acceptors (Lipinski definition) is 5. The van der Waals surface area contributed by atoms with Crippen LogP contribution in [-0.4, -0.2) is 30.5 Å². The number of aliphatic hydroxyl groups is 1. The van der Waals surface area contributed by atoms with E-state index >= 15 is 0 Å². The summed E-state index contributed by atoms with van der Waals surface area (Å²) in [6.45, 7) is 1.61. The number of carbonyl (C=O) groups excluding carboxylic acids is 1. The van der Waals surface area contributed by atoms with Gasteiger partial charge in [0, 0.05) is 0 Å². The third-order valence-corrected chi connectivity index (χ3v) is 11.1. The number of halogens is 8. The quantitative estimate of drug-likeness (QED) is 0.0713. The molecular formula is C13H10F6I2N2O3. The van der Waals surface area contributed by atoms with E-state index < -0.39 is 56.9 Å². The molecule has 13 heteroatoms. The van der Waals surface area contributed by atoms with Gasteiger partial charge in [-0.1, -0.05) is 0 Å². The van der Waals surface area contributed by atoms with Crippen LogP contribution in [-0.2, 0) is 10.4 Å². The van der Waals surface area contributed by atoms with Crippen LogP contribution < -0.4 is 11.8 Å². The van der Waals surface area contributed by atoms with Crippen molar-refractivity contribution >= 4 is 48.9 Å². The van der Waals surface area contributed by atoms with Gasteiger partial charge in [-0.3, -0.25) is 0 Å². The molecule has 1 unspecified atom stereocenters. The molecule has 1 atom stereocenters. The molecule has 2 saturated heterocycles. The second-order valence-corrected chi connectivity index (χ2v) is 12.2. The zero-order chi connectivity index (χ0) is 19.8. The normalized spacial score (nSPS) is 22.3. The van der Waals surface area contributed by atoms with E-state index in [1.807, 2.05) is 22.6 Å². The van der Waals surface area contributed by atoms with Crippen LogP contribution in [0.4, 0.5) is 26.3 Å². The summed E-state index contributed by atoms with van der Waals surface area (Å²) in [6.07, 6.45) is -11.9. The van der Waals surface area contributed by atoms with Crippen molar-refractivity contribution in [2.45, 2.75) is 32.0 Å². The van der Waals surface area contributed by atoms with E-state index in [9.17, 15) is 36.2 Å². The van der Waals surface area contributed by atoms with Crippen LogP contribution in [0.3, 0.4) is 0 Å². The van der Waals surface area contributed by atoms with E-state index in [4.69, 9.17) is 4.74 Å². The molecule has 0 amide bonds. The topological polar surface area (TPSA) is 90.4 Å². The second-order valence-electron chi connectivity index (χ2n) is 5.75. The number of ether oxygens (including phenoxy) is 1. The van der Waals surface area contributed by atoms with E-state index in [-0.39, 0.29) is 5.75 Å². The van der Waals surface area contributed by atoms with Gasteiger partial charge in [-0.15, -0.1) is 0 Å². The first kappa shape index (κ1) is 20.3. The fraction of sp³-hybridized carbons (Fsp3) is 0.462. The third kappa shape index (κ3) is 2.89. The summed E-state index contributed by atoms with van der Waals surface area (Å²) in [5, 5.41) is 9.31. The first-order valence-corrected chi connectivity index (χ1v) is 11.1. The molecule has 3 rings (SSSR count). The fourth-order valence-corrected chi connectivity index (χ4v) is 9.92. The Bertz CT molecular complexity index is 730. The number of carbonyl (C=O) groups is 1. The van der Waals surface area contributed by atoms with Gasteiger partial charge in [-0.2, -0.15) is 0 Å². The minimum atomic E-state index is -5.97. The van der Waals surface area contributed by atoms with Crippen molar-refractivity contribution in [1.29, 1.82) is 0 Å². The summed E-state index contributed by atoms with van der Waals surface area (Å²) in [4.78, 5) is 12.3. The Morgan fingerprint density at radius 3 is 1.88 bits per heavy atom. The number of nitrogens with one attached hydrogen (secondary N) is 2. The van der Waals surface area contributed by atoms with Crippen molar-refractivity contribution in [3.05, 3.63) is 29.8 Å². The Morgan fingerprint density at radius 2 is 1.54 bits per heavy atom. The van der Waals surface area contributed by atoms with Crippen molar-refractivity contribution < 1.29 is 41.0 Å². The average Bonchev–Trinajstić information content (AvgIpc) is 3.34. The Kier molecular flexibility index (Phi) is 4.54. The molecule has 5 nitrogen and oxygen atoms in total. The SMILES string of the molecule is CC(I)(C(=O)Oc1ccc(C(O)(C(F)(F)F)C(F)(F)F)cc1)C12NI1N2. The molecule has 0 bridgehead atoms. The molecule has 3 N–H and O–H groups in total. The number of fused-ring (bicyclic) bond motifs is 1. The maximum absolute atomic E-state index is 12.8. The molecular weight excluding hydrogens is 600 g/mol. The van der Waals surface area contributed by atoms with E-state index in [2.05, 4.69) is 7.06 Å². The van der Waals surface area contributed by atoms with Crippen LogP contribution in [0.2, 0.25) is 0 Å². The van der Waals surface area contributed by atoms with Crippen LogP contribution in [0.5, 0.6) is 5.75 Å². The van der Waals surface area contributed by atoms with Gasteiger partial charge in [0.15, 0.2) is 0 Å². The van der Waals surface area contributed by atoms with E-state index in [0.29, 0.717) is 12.1 Å². The van der Waals surface area contributed by atoms with Gasteiger partial charge in [0.05, 0.1) is 0 Å². The number of alkyl halides is 8. The molecule has 0 radical (unpaired) electrons. The van der Waals surface area contributed by atoms with Gasteiger partial charge >= 0.3 is 165 Å². The minimum absolute atomic E-state index is 0.230.